The van der Waals surface area contributed by atoms with Crippen molar-refractivity contribution >= 4 is 11.6 Å². The second-order valence-corrected chi connectivity index (χ2v) is 4.23. The molecule has 1 amide bonds. The molecule has 2 N–H and O–H groups in total. The number of hydrogen-bond donors (Lipinski definition) is 1. The molecule has 0 fully saturated rings. The van der Waals surface area contributed by atoms with Crippen molar-refractivity contribution in [3.05, 3.63) is 42.5 Å². The van der Waals surface area contributed by atoms with Gasteiger partial charge >= 0.3 is 0 Å². The van der Waals surface area contributed by atoms with Gasteiger partial charge in [0.25, 0.3) is 0 Å². The molecular weight excluding hydrogens is 242 g/mol. The van der Waals surface area contributed by atoms with Crippen molar-refractivity contribution < 1.29 is 4.79 Å². The highest BCUT2D eigenvalue weighted by atomic mass is 16.2. The summed E-state index contributed by atoms with van der Waals surface area (Å²) in [5, 5.41) is 4.01. The van der Waals surface area contributed by atoms with Gasteiger partial charge in [0, 0.05) is 31.7 Å². The zero-order valence-corrected chi connectivity index (χ0v) is 10.9. The van der Waals surface area contributed by atoms with Crippen molar-refractivity contribution in [2.24, 2.45) is 0 Å². The Morgan fingerprint density at radius 1 is 1.42 bits per heavy atom. The summed E-state index contributed by atoms with van der Waals surface area (Å²) in [6, 6.07) is 3.81. The molecule has 0 atom stereocenters. The lowest BCUT2D eigenvalue weighted by molar-refractivity contribution is -0.132. The number of hydrogen-bond acceptors (Lipinski definition) is 4. The van der Waals surface area contributed by atoms with E-state index in [9.17, 15) is 4.79 Å². The van der Waals surface area contributed by atoms with E-state index in [1.54, 1.807) is 28.2 Å². The van der Waals surface area contributed by atoms with E-state index in [0.29, 0.717) is 18.8 Å². The van der Waals surface area contributed by atoms with Gasteiger partial charge in [-0.05, 0) is 24.6 Å². The Morgan fingerprint density at radius 3 is 2.74 bits per heavy atom. The Kier molecular flexibility index (Phi) is 4.12. The SMILES string of the molecule is CCN(Cc1ccncc1)C(=O)Cn1cc(N)cn1. The maximum atomic E-state index is 12.2. The molecule has 100 valence electrons. The first-order valence-electron chi connectivity index (χ1n) is 6.13. The van der Waals surface area contributed by atoms with E-state index in [0.717, 1.165) is 5.56 Å². The van der Waals surface area contributed by atoms with Gasteiger partial charge in [-0.3, -0.25) is 14.5 Å². The van der Waals surface area contributed by atoms with E-state index in [1.165, 1.54) is 6.20 Å². The third kappa shape index (κ3) is 3.54. The molecule has 2 aromatic heterocycles. The predicted molar refractivity (Wildman–Crippen MR) is 72.0 cm³/mol. The monoisotopic (exact) mass is 259 g/mol. The molecule has 0 aliphatic carbocycles. The number of pyridine rings is 1. The van der Waals surface area contributed by atoms with Crippen LogP contribution in [0.4, 0.5) is 5.69 Å². The minimum atomic E-state index is 0.0161. The molecule has 0 aliphatic heterocycles. The summed E-state index contributed by atoms with van der Waals surface area (Å²) < 4.78 is 1.55. The highest BCUT2D eigenvalue weighted by Crippen LogP contribution is 2.05. The van der Waals surface area contributed by atoms with Gasteiger partial charge in [0.1, 0.15) is 6.54 Å². The van der Waals surface area contributed by atoms with Crippen LogP contribution in [0.1, 0.15) is 12.5 Å². The lowest BCUT2D eigenvalue weighted by atomic mass is 10.2. The van der Waals surface area contributed by atoms with Crippen LogP contribution in [-0.4, -0.2) is 32.1 Å². The third-order valence-corrected chi connectivity index (χ3v) is 2.81. The van der Waals surface area contributed by atoms with E-state index in [4.69, 9.17) is 5.73 Å². The molecule has 6 nitrogen and oxygen atoms in total. The van der Waals surface area contributed by atoms with E-state index in [1.807, 2.05) is 19.1 Å². The molecule has 19 heavy (non-hydrogen) atoms. The first-order valence-corrected chi connectivity index (χ1v) is 6.13. The fourth-order valence-corrected chi connectivity index (χ4v) is 1.79. The molecule has 0 aliphatic rings. The van der Waals surface area contributed by atoms with Gasteiger partial charge < -0.3 is 10.6 Å². The minimum absolute atomic E-state index is 0.0161. The molecule has 0 bridgehead atoms. The third-order valence-electron chi connectivity index (χ3n) is 2.81. The van der Waals surface area contributed by atoms with Crippen LogP contribution in [0.3, 0.4) is 0 Å². The van der Waals surface area contributed by atoms with Crippen molar-refractivity contribution in [2.75, 3.05) is 12.3 Å². The molecule has 2 aromatic rings. The highest BCUT2D eigenvalue weighted by Gasteiger charge is 2.13. The number of carbonyl (C=O) groups excluding carboxylic acids is 1. The lowest BCUT2D eigenvalue weighted by Gasteiger charge is -2.20. The Hall–Kier alpha value is -2.37. The summed E-state index contributed by atoms with van der Waals surface area (Å²) in [4.78, 5) is 17.9. The lowest BCUT2D eigenvalue weighted by Crippen LogP contribution is -2.33. The maximum absolute atomic E-state index is 12.2. The number of likely N-dealkylation sites (N-methyl/N-ethyl adjacent to an activating group) is 1. The minimum Gasteiger partial charge on any atom is -0.396 e. The summed E-state index contributed by atoms with van der Waals surface area (Å²) in [5.41, 5.74) is 7.19. The van der Waals surface area contributed by atoms with Gasteiger partial charge in [-0.15, -0.1) is 0 Å². The topological polar surface area (TPSA) is 77.0 Å². The average molecular weight is 259 g/mol. The van der Waals surface area contributed by atoms with Gasteiger partial charge in [0.2, 0.25) is 5.91 Å². The fourth-order valence-electron chi connectivity index (χ4n) is 1.79. The standard InChI is InChI=1S/C13H17N5O/c1-2-17(8-11-3-5-15-6-4-11)13(19)10-18-9-12(14)7-16-18/h3-7,9H,2,8,10,14H2,1H3. The number of aromatic nitrogens is 3. The van der Waals surface area contributed by atoms with Crippen LogP contribution in [0.25, 0.3) is 0 Å². The van der Waals surface area contributed by atoms with Gasteiger partial charge in [-0.25, -0.2) is 0 Å². The normalized spacial score (nSPS) is 10.4. The van der Waals surface area contributed by atoms with Crippen molar-refractivity contribution in [2.45, 2.75) is 20.0 Å². The number of anilines is 1. The number of rotatable bonds is 5. The van der Waals surface area contributed by atoms with Crippen LogP contribution in [0, 0.1) is 0 Å². The first-order chi connectivity index (χ1) is 9.19. The van der Waals surface area contributed by atoms with Crippen LogP contribution >= 0.6 is 0 Å². The van der Waals surface area contributed by atoms with Crippen molar-refractivity contribution in [3.8, 4) is 0 Å². The highest BCUT2D eigenvalue weighted by molar-refractivity contribution is 5.76. The molecule has 0 saturated heterocycles. The summed E-state index contributed by atoms with van der Waals surface area (Å²) in [6.07, 6.45) is 6.63. The second kappa shape index (κ2) is 5.99. The van der Waals surface area contributed by atoms with Crippen LogP contribution in [0.2, 0.25) is 0 Å². The van der Waals surface area contributed by atoms with Crippen LogP contribution in [0.5, 0.6) is 0 Å². The molecule has 0 radical (unpaired) electrons. The molecule has 6 heteroatoms. The average Bonchev–Trinajstić information content (AvgIpc) is 2.82. The summed E-state index contributed by atoms with van der Waals surface area (Å²) in [6.45, 7) is 3.39. The predicted octanol–water partition coefficient (Wildman–Crippen LogP) is 0.909. The van der Waals surface area contributed by atoms with E-state index >= 15 is 0 Å². The smallest absolute Gasteiger partial charge is 0.244 e. The number of amides is 1. The van der Waals surface area contributed by atoms with Crippen LogP contribution in [0.15, 0.2) is 36.9 Å². The zero-order chi connectivity index (χ0) is 13.7. The summed E-state index contributed by atoms with van der Waals surface area (Å²) in [5.74, 6) is 0.0161. The number of carbonyl (C=O) groups is 1. The van der Waals surface area contributed by atoms with Crippen molar-refractivity contribution in [1.29, 1.82) is 0 Å². The Balaban J connectivity index is 1.99. The Bertz CT molecular complexity index is 537. The van der Waals surface area contributed by atoms with Crippen LogP contribution in [-0.2, 0) is 17.9 Å². The number of nitrogen functional groups attached to an aromatic ring is 1. The van der Waals surface area contributed by atoms with Crippen LogP contribution < -0.4 is 5.73 Å². The fraction of sp³-hybridized carbons (Fsp3) is 0.308. The Morgan fingerprint density at radius 2 is 2.16 bits per heavy atom. The van der Waals surface area contributed by atoms with E-state index < -0.39 is 0 Å². The summed E-state index contributed by atoms with van der Waals surface area (Å²) >= 11 is 0. The number of nitrogens with two attached hydrogens (primary N) is 1. The van der Waals surface area contributed by atoms with E-state index in [-0.39, 0.29) is 12.5 Å². The largest absolute Gasteiger partial charge is 0.396 e. The molecule has 0 unspecified atom stereocenters. The molecule has 0 spiro atoms. The van der Waals surface area contributed by atoms with Crippen molar-refractivity contribution in [3.63, 3.8) is 0 Å². The number of nitrogens with zero attached hydrogens (tertiary/aromatic N) is 4. The maximum Gasteiger partial charge on any atom is 0.244 e. The van der Waals surface area contributed by atoms with E-state index in [2.05, 4.69) is 10.1 Å². The second-order valence-electron chi connectivity index (χ2n) is 4.23. The quantitative estimate of drug-likeness (QED) is 0.865. The first kappa shape index (κ1) is 13.1. The molecule has 2 heterocycles. The van der Waals surface area contributed by atoms with Crippen molar-refractivity contribution in [1.82, 2.24) is 19.7 Å². The molecular formula is C13H17N5O. The van der Waals surface area contributed by atoms with Gasteiger partial charge in [-0.2, -0.15) is 5.10 Å². The Labute approximate surface area is 111 Å². The van der Waals surface area contributed by atoms with Gasteiger partial charge in [0.05, 0.1) is 11.9 Å². The molecule has 2 rings (SSSR count). The van der Waals surface area contributed by atoms with Gasteiger partial charge in [0.15, 0.2) is 0 Å². The summed E-state index contributed by atoms with van der Waals surface area (Å²) in [7, 11) is 0. The molecule has 0 saturated carbocycles. The van der Waals surface area contributed by atoms with Gasteiger partial charge in [-0.1, -0.05) is 0 Å². The zero-order valence-electron chi connectivity index (χ0n) is 10.9. The molecule has 0 aromatic carbocycles.